The number of benzene rings is 2. The second-order valence-corrected chi connectivity index (χ2v) is 6.93. The fraction of sp³-hybridized carbons (Fsp3) is 0.190. The molecule has 0 aliphatic heterocycles. The first-order chi connectivity index (χ1) is 14.2. The maximum Gasteiger partial charge on any atom is 0.435 e. The van der Waals surface area contributed by atoms with E-state index in [2.05, 4.69) is 10.1 Å². The van der Waals surface area contributed by atoms with Crippen LogP contribution in [0.5, 0.6) is 0 Å². The number of carbonyl (C=O) groups is 1. The lowest BCUT2D eigenvalue weighted by Crippen LogP contribution is -2.27. The monoisotopic (exact) mass is 413 g/mol. The highest BCUT2D eigenvalue weighted by Gasteiger charge is 2.33. The minimum atomic E-state index is -4.50. The van der Waals surface area contributed by atoms with Crippen molar-refractivity contribution in [3.05, 3.63) is 77.9 Å². The van der Waals surface area contributed by atoms with Crippen LogP contribution in [-0.4, -0.2) is 37.2 Å². The van der Waals surface area contributed by atoms with Crippen LogP contribution in [0.2, 0.25) is 0 Å². The minimum Gasteiger partial charge on any atom is -0.334 e. The average molecular weight is 413 g/mol. The molecular weight excluding hydrogens is 395 g/mol. The maximum atomic E-state index is 12.8. The molecule has 2 heterocycles. The average Bonchev–Trinajstić information content (AvgIpc) is 3.34. The molecule has 154 valence electrons. The molecule has 0 spiro atoms. The van der Waals surface area contributed by atoms with E-state index in [-0.39, 0.29) is 5.91 Å². The SMILES string of the molecule is CN(Cc1nc2ccccc2n1C)C(=O)c1ccc(-n2ccc(C(F)(F)F)n2)cc1. The highest BCUT2D eigenvalue weighted by Crippen LogP contribution is 2.28. The second kappa shape index (κ2) is 7.33. The van der Waals surface area contributed by atoms with Crippen LogP contribution in [0.3, 0.4) is 0 Å². The Hall–Kier alpha value is -3.62. The fourth-order valence-corrected chi connectivity index (χ4v) is 3.22. The molecule has 0 bridgehead atoms. The Kier molecular flexibility index (Phi) is 4.81. The number of aryl methyl sites for hydroxylation is 1. The molecule has 4 aromatic rings. The Morgan fingerprint density at radius 2 is 1.77 bits per heavy atom. The van der Waals surface area contributed by atoms with Crippen LogP contribution >= 0.6 is 0 Å². The highest BCUT2D eigenvalue weighted by atomic mass is 19.4. The van der Waals surface area contributed by atoms with Gasteiger partial charge in [-0.2, -0.15) is 18.3 Å². The van der Waals surface area contributed by atoms with E-state index in [1.54, 1.807) is 36.2 Å². The quantitative estimate of drug-likeness (QED) is 0.507. The van der Waals surface area contributed by atoms with E-state index in [1.807, 2.05) is 35.9 Å². The normalized spacial score (nSPS) is 11.8. The number of fused-ring (bicyclic) bond motifs is 1. The summed E-state index contributed by atoms with van der Waals surface area (Å²) in [5.41, 5.74) is 1.72. The molecule has 2 aromatic carbocycles. The van der Waals surface area contributed by atoms with Crippen molar-refractivity contribution >= 4 is 16.9 Å². The predicted octanol–water partition coefficient (Wildman–Crippen LogP) is 4.05. The van der Waals surface area contributed by atoms with Gasteiger partial charge in [0.1, 0.15) is 5.82 Å². The number of halogens is 3. The number of alkyl halides is 3. The van der Waals surface area contributed by atoms with Gasteiger partial charge in [0.2, 0.25) is 0 Å². The van der Waals surface area contributed by atoms with Crippen LogP contribution in [0.1, 0.15) is 21.9 Å². The van der Waals surface area contributed by atoms with E-state index >= 15 is 0 Å². The lowest BCUT2D eigenvalue weighted by Gasteiger charge is -2.17. The van der Waals surface area contributed by atoms with Crippen LogP contribution in [0, 0.1) is 0 Å². The first-order valence-corrected chi connectivity index (χ1v) is 9.13. The van der Waals surface area contributed by atoms with Gasteiger partial charge in [0, 0.05) is 25.9 Å². The topological polar surface area (TPSA) is 56.0 Å². The number of hydrogen-bond donors (Lipinski definition) is 0. The third-order valence-electron chi connectivity index (χ3n) is 4.86. The van der Waals surface area contributed by atoms with Crippen molar-refractivity contribution in [1.29, 1.82) is 0 Å². The molecule has 0 aliphatic rings. The van der Waals surface area contributed by atoms with Gasteiger partial charge in [0.25, 0.3) is 5.91 Å². The van der Waals surface area contributed by atoms with Crippen molar-refractivity contribution in [2.75, 3.05) is 7.05 Å². The molecule has 0 saturated carbocycles. The fourth-order valence-electron chi connectivity index (χ4n) is 3.22. The van der Waals surface area contributed by atoms with Crippen LogP contribution in [0.15, 0.2) is 60.8 Å². The van der Waals surface area contributed by atoms with Gasteiger partial charge in [-0.15, -0.1) is 0 Å². The molecule has 0 radical (unpaired) electrons. The Labute approximate surface area is 170 Å². The van der Waals surface area contributed by atoms with Gasteiger partial charge in [0.15, 0.2) is 5.69 Å². The van der Waals surface area contributed by atoms with Crippen LogP contribution < -0.4 is 0 Å². The molecule has 30 heavy (non-hydrogen) atoms. The Balaban J connectivity index is 1.50. The van der Waals surface area contributed by atoms with E-state index < -0.39 is 11.9 Å². The first-order valence-electron chi connectivity index (χ1n) is 9.13. The Bertz CT molecular complexity index is 1210. The summed E-state index contributed by atoms with van der Waals surface area (Å²) in [5.74, 6) is 0.532. The summed E-state index contributed by atoms with van der Waals surface area (Å²) in [6.45, 7) is 0.319. The van der Waals surface area contributed by atoms with Gasteiger partial charge in [-0.05, 0) is 42.5 Å². The van der Waals surface area contributed by atoms with Gasteiger partial charge in [-0.3, -0.25) is 4.79 Å². The first kappa shape index (κ1) is 19.7. The van der Waals surface area contributed by atoms with Gasteiger partial charge >= 0.3 is 6.18 Å². The van der Waals surface area contributed by atoms with Crippen LogP contribution in [0.4, 0.5) is 13.2 Å². The van der Waals surface area contributed by atoms with Crippen molar-refractivity contribution < 1.29 is 18.0 Å². The molecule has 6 nitrogen and oxygen atoms in total. The van der Waals surface area contributed by atoms with E-state index in [9.17, 15) is 18.0 Å². The predicted molar refractivity (Wildman–Crippen MR) is 105 cm³/mol. The summed E-state index contributed by atoms with van der Waals surface area (Å²) in [4.78, 5) is 18.9. The molecule has 0 unspecified atom stereocenters. The number of amides is 1. The van der Waals surface area contributed by atoms with Crippen molar-refractivity contribution in [1.82, 2.24) is 24.2 Å². The van der Waals surface area contributed by atoms with Gasteiger partial charge < -0.3 is 9.47 Å². The van der Waals surface area contributed by atoms with Crippen LogP contribution in [-0.2, 0) is 19.8 Å². The van der Waals surface area contributed by atoms with Gasteiger partial charge in [-0.25, -0.2) is 9.67 Å². The molecule has 0 N–H and O–H groups in total. The molecule has 4 rings (SSSR count). The minimum absolute atomic E-state index is 0.218. The van der Waals surface area contributed by atoms with Crippen molar-refractivity contribution in [2.24, 2.45) is 7.05 Å². The summed E-state index contributed by atoms with van der Waals surface area (Å²) in [5, 5.41) is 3.53. The van der Waals surface area contributed by atoms with Crippen molar-refractivity contribution in [3.63, 3.8) is 0 Å². The van der Waals surface area contributed by atoms with Gasteiger partial charge in [-0.1, -0.05) is 12.1 Å². The Morgan fingerprint density at radius 3 is 2.40 bits per heavy atom. The summed E-state index contributed by atoms with van der Waals surface area (Å²) < 4.78 is 41.2. The molecule has 0 atom stereocenters. The number of imidazole rings is 1. The lowest BCUT2D eigenvalue weighted by atomic mass is 10.2. The van der Waals surface area contributed by atoms with Crippen LogP contribution in [0.25, 0.3) is 16.7 Å². The van der Waals surface area contributed by atoms with Crippen molar-refractivity contribution in [3.8, 4) is 5.69 Å². The van der Waals surface area contributed by atoms with E-state index in [4.69, 9.17) is 0 Å². The summed E-state index contributed by atoms with van der Waals surface area (Å²) >= 11 is 0. The summed E-state index contributed by atoms with van der Waals surface area (Å²) in [6, 6.07) is 14.9. The zero-order valence-corrected chi connectivity index (χ0v) is 16.3. The molecule has 1 amide bonds. The number of carbonyl (C=O) groups excluding carboxylic acids is 1. The smallest absolute Gasteiger partial charge is 0.334 e. The Morgan fingerprint density at radius 1 is 1.07 bits per heavy atom. The van der Waals surface area contributed by atoms with Gasteiger partial charge in [0.05, 0.1) is 23.3 Å². The molecule has 0 fully saturated rings. The molecule has 0 aliphatic carbocycles. The standard InChI is InChI=1S/C21H18F3N5O/c1-27(13-19-25-16-5-3-4-6-17(16)28(19)2)20(30)14-7-9-15(10-8-14)29-12-11-18(26-29)21(22,23)24/h3-12H,13H2,1-2H3. The zero-order valence-electron chi connectivity index (χ0n) is 16.3. The number of rotatable bonds is 4. The molecule has 9 heteroatoms. The largest absolute Gasteiger partial charge is 0.435 e. The van der Waals surface area contributed by atoms with E-state index in [0.29, 0.717) is 17.8 Å². The maximum absolute atomic E-state index is 12.8. The number of nitrogens with zero attached hydrogens (tertiary/aromatic N) is 5. The van der Waals surface area contributed by atoms with E-state index in [1.165, 1.54) is 6.20 Å². The second-order valence-electron chi connectivity index (χ2n) is 6.93. The number of aromatic nitrogens is 4. The molecule has 0 saturated heterocycles. The molecule has 2 aromatic heterocycles. The molecular formula is C21H18F3N5O. The number of hydrogen-bond acceptors (Lipinski definition) is 3. The highest BCUT2D eigenvalue weighted by molar-refractivity contribution is 5.94. The summed E-state index contributed by atoms with van der Waals surface area (Å²) in [7, 11) is 3.58. The summed E-state index contributed by atoms with van der Waals surface area (Å²) in [6.07, 6.45) is -3.27. The third-order valence-corrected chi connectivity index (χ3v) is 4.86. The number of para-hydroxylation sites is 2. The van der Waals surface area contributed by atoms with E-state index in [0.717, 1.165) is 27.6 Å². The lowest BCUT2D eigenvalue weighted by molar-refractivity contribution is -0.141. The zero-order chi connectivity index (χ0) is 21.5. The van der Waals surface area contributed by atoms with Crippen molar-refractivity contribution in [2.45, 2.75) is 12.7 Å². The third kappa shape index (κ3) is 3.66.